The maximum atomic E-state index is 12.2. The minimum atomic E-state index is -0.506. The van der Waals surface area contributed by atoms with Gasteiger partial charge in [-0.05, 0) is 19.1 Å². The summed E-state index contributed by atoms with van der Waals surface area (Å²) < 4.78 is 5.38. The molecule has 1 amide bonds. The molecule has 7 heteroatoms. The number of nitro groups is 1. The Morgan fingerprint density at radius 1 is 1.33 bits per heavy atom. The van der Waals surface area contributed by atoms with Crippen molar-refractivity contribution < 1.29 is 14.5 Å². The summed E-state index contributed by atoms with van der Waals surface area (Å²) in [5.41, 5.74) is 1.40. The van der Waals surface area contributed by atoms with E-state index in [1.165, 1.54) is 13.2 Å². The standard InChI is InChI=1S/C17H17ClN2O4/c1-11-7-8-12(9-15(11)20(22)23)17(21)19-10-16(24-2)13-5-3-4-6-14(13)18/h3-9,16H,10H2,1-2H3,(H,19,21). The zero-order chi connectivity index (χ0) is 17.7. The fourth-order valence-corrected chi connectivity index (χ4v) is 2.55. The number of nitro benzene ring substituents is 1. The van der Waals surface area contributed by atoms with Gasteiger partial charge in [-0.25, -0.2) is 0 Å². The molecule has 1 unspecified atom stereocenters. The molecule has 1 atom stereocenters. The Balaban J connectivity index is 2.11. The molecule has 0 heterocycles. The van der Waals surface area contributed by atoms with Crippen LogP contribution in [0.5, 0.6) is 0 Å². The van der Waals surface area contributed by atoms with Crippen molar-refractivity contribution in [2.75, 3.05) is 13.7 Å². The molecule has 0 saturated carbocycles. The van der Waals surface area contributed by atoms with Crippen molar-refractivity contribution in [2.45, 2.75) is 13.0 Å². The van der Waals surface area contributed by atoms with Crippen LogP contribution in [0.15, 0.2) is 42.5 Å². The van der Waals surface area contributed by atoms with Crippen LogP contribution in [-0.2, 0) is 4.74 Å². The highest BCUT2D eigenvalue weighted by Gasteiger charge is 2.18. The lowest BCUT2D eigenvalue weighted by Crippen LogP contribution is -2.29. The molecule has 0 fully saturated rings. The summed E-state index contributed by atoms with van der Waals surface area (Å²) in [5, 5.41) is 14.2. The molecule has 2 aromatic carbocycles. The summed E-state index contributed by atoms with van der Waals surface area (Å²) in [6.07, 6.45) is -0.414. The average Bonchev–Trinajstić information content (AvgIpc) is 2.56. The molecular weight excluding hydrogens is 332 g/mol. The molecule has 0 radical (unpaired) electrons. The lowest BCUT2D eigenvalue weighted by atomic mass is 10.1. The number of nitrogens with zero attached hydrogens (tertiary/aromatic N) is 1. The molecule has 0 aliphatic heterocycles. The maximum absolute atomic E-state index is 12.2. The summed E-state index contributed by atoms with van der Waals surface area (Å²) in [7, 11) is 1.52. The largest absolute Gasteiger partial charge is 0.375 e. The van der Waals surface area contributed by atoms with Crippen molar-refractivity contribution in [3.05, 3.63) is 74.3 Å². The van der Waals surface area contributed by atoms with E-state index in [9.17, 15) is 14.9 Å². The average molecular weight is 349 g/mol. The van der Waals surface area contributed by atoms with Crippen molar-refractivity contribution in [1.29, 1.82) is 0 Å². The maximum Gasteiger partial charge on any atom is 0.273 e. The first-order valence-electron chi connectivity index (χ1n) is 7.24. The summed E-state index contributed by atoms with van der Waals surface area (Å²) >= 11 is 6.14. The molecule has 2 aromatic rings. The van der Waals surface area contributed by atoms with E-state index in [0.29, 0.717) is 10.6 Å². The first kappa shape index (κ1) is 17.9. The third kappa shape index (κ3) is 4.10. The van der Waals surface area contributed by atoms with Gasteiger partial charge in [0.05, 0.1) is 4.92 Å². The van der Waals surface area contributed by atoms with Crippen LogP contribution >= 0.6 is 11.6 Å². The molecule has 24 heavy (non-hydrogen) atoms. The van der Waals surface area contributed by atoms with Crippen molar-refractivity contribution in [2.24, 2.45) is 0 Å². The third-order valence-corrected chi connectivity index (χ3v) is 4.00. The number of nitrogens with one attached hydrogen (secondary N) is 1. The minimum absolute atomic E-state index is 0.0861. The number of aryl methyl sites for hydroxylation is 1. The quantitative estimate of drug-likeness (QED) is 0.637. The number of carbonyl (C=O) groups excluding carboxylic acids is 1. The van der Waals surface area contributed by atoms with E-state index in [2.05, 4.69) is 5.32 Å². The van der Waals surface area contributed by atoms with E-state index >= 15 is 0 Å². The van der Waals surface area contributed by atoms with Gasteiger partial charge < -0.3 is 10.1 Å². The van der Waals surface area contributed by atoms with Gasteiger partial charge in [-0.2, -0.15) is 0 Å². The van der Waals surface area contributed by atoms with Gasteiger partial charge in [0.1, 0.15) is 6.10 Å². The lowest BCUT2D eigenvalue weighted by molar-refractivity contribution is -0.385. The van der Waals surface area contributed by atoms with Crippen molar-refractivity contribution >= 4 is 23.2 Å². The topological polar surface area (TPSA) is 81.5 Å². The second-order valence-corrected chi connectivity index (χ2v) is 5.62. The molecule has 1 N–H and O–H groups in total. The number of hydrogen-bond donors (Lipinski definition) is 1. The van der Waals surface area contributed by atoms with Crippen molar-refractivity contribution in [1.82, 2.24) is 5.32 Å². The highest BCUT2D eigenvalue weighted by molar-refractivity contribution is 6.31. The Morgan fingerprint density at radius 3 is 2.67 bits per heavy atom. The number of amides is 1. The third-order valence-electron chi connectivity index (χ3n) is 3.65. The number of carbonyl (C=O) groups is 1. The van der Waals surface area contributed by atoms with Crippen LogP contribution in [0.3, 0.4) is 0 Å². The number of rotatable bonds is 6. The second kappa shape index (κ2) is 7.90. The zero-order valence-corrected chi connectivity index (χ0v) is 14.0. The highest BCUT2D eigenvalue weighted by atomic mass is 35.5. The SMILES string of the molecule is COC(CNC(=O)c1ccc(C)c([N+](=O)[O-])c1)c1ccccc1Cl. The minimum Gasteiger partial charge on any atom is -0.375 e. The van der Waals surface area contributed by atoms with Crippen LogP contribution in [0, 0.1) is 17.0 Å². The highest BCUT2D eigenvalue weighted by Crippen LogP contribution is 2.24. The summed E-state index contributed by atoms with van der Waals surface area (Å²) in [6, 6.07) is 11.6. The first-order valence-corrected chi connectivity index (χ1v) is 7.62. The Kier molecular flexibility index (Phi) is 5.89. The smallest absolute Gasteiger partial charge is 0.273 e. The van der Waals surface area contributed by atoms with Gasteiger partial charge in [0.15, 0.2) is 0 Å². The van der Waals surface area contributed by atoms with Crippen molar-refractivity contribution in [3.8, 4) is 0 Å². The Hall–Kier alpha value is -2.44. The van der Waals surface area contributed by atoms with E-state index in [1.807, 2.05) is 18.2 Å². The van der Waals surface area contributed by atoms with Crippen LogP contribution in [0.2, 0.25) is 5.02 Å². The second-order valence-electron chi connectivity index (χ2n) is 5.21. The molecule has 0 aromatic heterocycles. The fourth-order valence-electron chi connectivity index (χ4n) is 2.29. The van der Waals surface area contributed by atoms with Crippen LogP contribution in [0.25, 0.3) is 0 Å². The van der Waals surface area contributed by atoms with E-state index < -0.39 is 16.9 Å². The molecule has 6 nitrogen and oxygen atoms in total. The Bertz CT molecular complexity index is 764. The molecule has 0 saturated heterocycles. The number of methoxy groups -OCH3 is 1. The van der Waals surface area contributed by atoms with Crippen LogP contribution in [0.4, 0.5) is 5.69 Å². The Labute approximate surface area is 144 Å². The van der Waals surface area contributed by atoms with E-state index in [1.54, 1.807) is 25.1 Å². The molecule has 0 aliphatic carbocycles. The number of halogens is 1. The Morgan fingerprint density at radius 2 is 2.04 bits per heavy atom. The number of hydrogen-bond acceptors (Lipinski definition) is 4. The number of ether oxygens (including phenoxy) is 1. The van der Waals surface area contributed by atoms with Crippen LogP contribution < -0.4 is 5.32 Å². The monoisotopic (exact) mass is 348 g/mol. The summed E-state index contributed by atoms with van der Waals surface area (Å²) in [5.74, 6) is -0.410. The van der Waals surface area contributed by atoms with Gasteiger partial charge in [0.25, 0.3) is 11.6 Å². The van der Waals surface area contributed by atoms with E-state index in [-0.39, 0.29) is 17.8 Å². The zero-order valence-electron chi connectivity index (χ0n) is 13.3. The molecule has 126 valence electrons. The first-order chi connectivity index (χ1) is 11.4. The summed E-state index contributed by atoms with van der Waals surface area (Å²) in [6.45, 7) is 1.82. The van der Waals surface area contributed by atoms with Crippen molar-refractivity contribution in [3.63, 3.8) is 0 Å². The van der Waals surface area contributed by atoms with Gasteiger partial charge in [-0.3, -0.25) is 14.9 Å². The van der Waals surface area contributed by atoms with Gasteiger partial charge in [0.2, 0.25) is 0 Å². The predicted molar refractivity (Wildman–Crippen MR) is 91.4 cm³/mol. The van der Waals surface area contributed by atoms with E-state index in [4.69, 9.17) is 16.3 Å². The van der Waals surface area contributed by atoms with Crippen LogP contribution in [-0.4, -0.2) is 24.5 Å². The van der Waals surface area contributed by atoms with Crippen LogP contribution in [0.1, 0.15) is 27.6 Å². The van der Waals surface area contributed by atoms with Gasteiger partial charge in [-0.1, -0.05) is 35.9 Å². The predicted octanol–water partition coefficient (Wildman–Crippen LogP) is 3.67. The lowest BCUT2D eigenvalue weighted by Gasteiger charge is -2.17. The summed E-state index contributed by atoms with van der Waals surface area (Å²) in [4.78, 5) is 22.7. The van der Waals surface area contributed by atoms with Gasteiger partial charge >= 0.3 is 0 Å². The number of benzene rings is 2. The molecule has 2 rings (SSSR count). The molecular formula is C17H17ClN2O4. The molecule has 0 bridgehead atoms. The van der Waals surface area contributed by atoms with E-state index in [0.717, 1.165) is 5.56 Å². The van der Waals surface area contributed by atoms with Gasteiger partial charge in [-0.15, -0.1) is 0 Å². The molecule has 0 aliphatic rings. The normalized spacial score (nSPS) is 11.8. The van der Waals surface area contributed by atoms with Gasteiger partial charge in [0, 0.05) is 41.4 Å². The molecule has 0 spiro atoms. The fraction of sp³-hybridized carbons (Fsp3) is 0.235.